The van der Waals surface area contributed by atoms with E-state index >= 15 is 0 Å². The first-order valence-electron chi connectivity index (χ1n) is 5.53. The molecule has 1 aromatic carbocycles. The maximum Gasteiger partial charge on any atom is 0.164 e. The second-order valence-corrected chi connectivity index (χ2v) is 4.11. The van der Waals surface area contributed by atoms with E-state index in [4.69, 9.17) is 5.73 Å². The third-order valence-corrected chi connectivity index (χ3v) is 2.57. The largest absolute Gasteiger partial charge is 0.324 e. The molecule has 0 unspecified atom stereocenters. The molecular formula is C12H15FN4. The van der Waals surface area contributed by atoms with Crippen molar-refractivity contribution >= 4 is 0 Å². The molecule has 17 heavy (non-hydrogen) atoms. The SMILES string of the molecule is CC(C)n1c(CN)nnc1-c1ccc(F)cc1. The molecule has 0 aliphatic rings. The Kier molecular flexibility index (Phi) is 3.19. The van der Waals surface area contributed by atoms with E-state index in [9.17, 15) is 4.39 Å². The van der Waals surface area contributed by atoms with E-state index in [0.717, 1.165) is 17.2 Å². The zero-order chi connectivity index (χ0) is 12.4. The fourth-order valence-corrected chi connectivity index (χ4v) is 1.80. The molecule has 0 spiro atoms. The van der Waals surface area contributed by atoms with E-state index < -0.39 is 0 Å². The minimum atomic E-state index is -0.261. The summed E-state index contributed by atoms with van der Waals surface area (Å²) in [4.78, 5) is 0. The highest BCUT2D eigenvalue weighted by Crippen LogP contribution is 2.22. The average Bonchev–Trinajstić information content (AvgIpc) is 2.73. The Balaban J connectivity index is 2.51. The third kappa shape index (κ3) is 2.19. The van der Waals surface area contributed by atoms with Crippen molar-refractivity contribution < 1.29 is 4.39 Å². The maximum atomic E-state index is 12.9. The monoisotopic (exact) mass is 234 g/mol. The topological polar surface area (TPSA) is 56.7 Å². The van der Waals surface area contributed by atoms with Gasteiger partial charge in [0.15, 0.2) is 5.82 Å². The summed E-state index contributed by atoms with van der Waals surface area (Å²) in [6.45, 7) is 4.41. The molecular weight excluding hydrogens is 219 g/mol. The van der Waals surface area contributed by atoms with Gasteiger partial charge in [-0.2, -0.15) is 0 Å². The van der Waals surface area contributed by atoms with E-state index in [-0.39, 0.29) is 11.9 Å². The Morgan fingerprint density at radius 1 is 1.24 bits per heavy atom. The highest BCUT2D eigenvalue weighted by Gasteiger charge is 2.14. The quantitative estimate of drug-likeness (QED) is 0.885. The predicted octanol–water partition coefficient (Wildman–Crippen LogP) is 2.12. The molecule has 1 heterocycles. The van der Waals surface area contributed by atoms with Gasteiger partial charge in [-0.15, -0.1) is 10.2 Å². The first-order chi connectivity index (χ1) is 8.13. The number of hydrogen-bond acceptors (Lipinski definition) is 3. The molecule has 5 heteroatoms. The number of nitrogens with zero attached hydrogens (tertiary/aromatic N) is 3. The molecule has 2 aromatic rings. The standard InChI is InChI=1S/C12H15FN4/c1-8(2)17-11(7-14)15-16-12(17)9-3-5-10(13)6-4-9/h3-6,8H,7,14H2,1-2H3. The Morgan fingerprint density at radius 2 is 1.88 bits per heavy atom. The summed E-state index contributed by atoms with van der Waals surface area (Å²) in [7, 11) is 0. The molecule has 2 N–H and O–H groups in total. The van der Waals surface area contributed by atoms with Crippen LogP contribution in [0.5, 0.6) is 0 Å². The average molecular weight is 234 g/mol. The summed E-state index contributed by atoms with van der Waals surface area (Å²) in [5.41, 5.74) is 6.46. The summed E-state index contributed by atoms with van der Waals surface area (Å²) < 4.78 is 14.8. The normalized spacial score (nSPS) is 11.1. The fourth-order valence-electron chi connectivity index (χ4n) is 1.80. The Morgan fingerprint density at radius 3 is 2.41 bits per heavy atom. The van der Waals surface area contributed by atoms with Crippen LogP contribution in [0.25, 0.3) is 11.4 Å². The first kappa shape index (κ1) is 11.7. The molecule has 0 atom stereocenters. The van der Waals surface area contributed by atoms with Crippen molar-refractivity contribution in [2.24, 2.45) is 5.73 Å². The molecule has 0 saturated heterocycles. The molecule has 2 rings (SSSR count). The van der Waals surface area contributed by atoms with Crippen LogP contribution >= 0.6 is 0 Å². The first-order valence-corrected chi connectivity index (χ1v) is 5.53. The van der Waals surface area contributed by atoms with Gasteiger partial charge in [0.1, 0.15) is 11.6 Å². The van der Waals surface area contributed by atoms with Crippen LogP contribution < -0.4 is 5.73 Å². The number of hydrogen-bond donors (Lipinski definition) is 1. The minimum absolute atomic E-state index is 0.212. The van der Waals surface area contributed by atoms with Gasteiger partial charge in [0, 0.05) is 11.6 Å². The van der Waals surface area contributed by atoms with E-state index in [1.54, 1.807) is 12.1 Å². The van der Waals surface area contributed by atoms with Gasteiger partial charge in [-0.05, 0) is 38.1 Å². The van der Waals surface area contributed by atoms with Crippen LogP contribution in [0, 0.1) is 5.82 Å². The van der Waals surface area contributed by atoms with E-state index in [2.05, 4.69) is 10.2 Å². The summed E-state index contributed by atoms with van der Waals surface area (Å²) in [5.74, 6) is 1.20. The fraction of sp³-hybridized carbons (Fsp3) is 0.333. The highest BCUT2D eigenvalue weighted by atomic mass is 19.1. The van der Waals surface area contributed by atoms with E-state index in [1.807, 2.05) is 18.4 Å². The zero-order valence-electron chi connectivity index (χ0n) is 9.89. The van der Waals surface area contributed by atoms with E-state index in [1.165, 1.54) is 12.1 Å². The van der Waals surface area contributed by atoms with Crippen LogP contribution in [0.4, 0.5) is 4.39 Å². The van der Waals surface area contributed by atoms with Crippen molar-refractivity contribution in [3.8, 4) is 11.4 Å². The molecule has 0 bridgehead atoms. The minimum Gasteiger partial charge on any atom is -0.324 e. The van der Waals surface area contributed by atoms with Gasteiger partial charge in [0.2, 0.25) is 0 Å². The van der Waals surface area contributed by atoms with Crippen molar-refractivity contribution in [1.29, 1.82) is 0 Å². The van der Waals surface area contributed by atoms with Gasteiger partial charge >= 0.3 is 0 Å². The van der Waals surface area contributed by atoms with Crippen molar-refractivity contribution in [3.63, 3.8) is 0 Å². The maximum absolute atomic E-state index is 12.9. The van der Waals surface area contributed by atoms with Crippen LogP contribution in [0.3, 0.4) is 0 Å². The summed E-state index contributed by atoms with van der Waals surface area (Å²) in [6.07, 6.45) is 0. The Labute approximate surface area is 99.3 Å². The molecule has 0 aliphatic heterocycles. The van der Waals surface area contributed by atoms with Crippen molar-refractivity contribution in [1.82, 2.24) is 14.8 Å². The van der Waals surface area contributed by atoms with Gasteiger partial charge < -0.3 is 10.3 Å². The molecule has 0 fully saturated rings. The molecule has 0 amide bonds. The lowest BCUT2D eigenvalue weighted by molar-refractivity contribution is 0.574. The van der Waals surface area contributed by atoms with Crippen LogP contribution in [0.1, 0.15) is 25.7 Å². The van der Waals surface area contributed by atoms with Crippen molar-refractivity contribution in [2.75, 3.05) is 0 Å². The summed E-state index contributed by atoms with van der Waals surface area (Å²) in [5, 5.41) is 8.17. The Hall–Kier alpha value is -1.75. The number of aromatic nitrogens is 3. The molecule has 0 saturated carbocycles. The Bertz CT molecular complexity index is 502. The van der Waals surface area contributed by atoms with Gasteiger partial charge in [-0.3, -0.25) is 0 Å². The second-order valence-electron chi connectivity index (χ2n) is 4.11. The van der Waals surface area contributed by atoms with Gasteiger partial charge in [0.05, 0.1) is 6.54 Å². The van der Waals surface area contributed by atoms with Crippen LogP contribution in [-0.2, 0) is 6.54 Å². The van der Waals surface area contributed by atoms with E-state index in [0.29, 0.717) is 6.54 Å². The molecule has 0 aliphatic carbocycles. The predicted molar refractivity (Wildman–Crippen MR) is 63.7 cm³/mol. The van der Waals surface area contributed by atoms with Crippen LogP contribution in [-0.4, -0.2) is 14.8 Å². The van der Waals surface area contributed by atoms with Crippen molar-refractivity contribution in [3.05, 3.63) is 35.9 Å². The third-order valence-electron chi connectivity index (χ3n) is 2.57. The van der Waals surface area contributed by atoms with Crippen molar-refractivity contribution in [2.45, 2.75) is 26.4 Å². The zero-order valence-corrected chi connectivity index (χ0v) is 9.89. The van der Waals surface area contributed by atoms with Crippen LogP contribution in [0.2, 0.25) is 0 Å². The molecule has 90 valence electrons. The smallest absolute Gasteiger partial charge is 0.164 e. The number of benzene rings is 1. The summed E-state index contributed by atoms with van der Waals surface area (Å²) >= 11 is 0. The lowest BCUT2D eigenvalue weighted by Crippen LogP contribution is -2.11. The molecule has 0 radical (unpaired) electrons. The van der Waals surface area contributed by atoms with Gasteiger partial charge in [-0.1, -0.05) is 0 Å². The lowest BCUT2D eigenvalue weighted by atomic mass is 10.2. The highest BCUT2D eigenvalue weighted by molar-refractivity contribution is 5.55. The van der Waals surface area contributed by atoms with Gasteiger partial charge in [-0.25, -0.2) is 4.39 Å². The van der Waals surface area contributed by atoms with Gasteiger partial charge in [0.25, 0.3) is 0 Å². The number of rotatable bonds is 3. The number of nitrogens with two attached hydrogens (primary N) is 1. The lowest BCUT2D eigenvalue weighted by Gasteiger charge is -2.13. The second kappa shape index (κ2) is 4.63. The number of halogens is 1. The van der Waals surface area contributed by atoms with Crippen LogP contribution in [0.15, 0.2) is 24.3 Å². The molecule has 1 aromatic heterocycles. The summed E-state index contributed by atoms with van der Waals surface area (Å²) in [6, 6.07) is 6.42. The molecule has 4 nitrogen and oxygen atoms in total.